The molecule has 0 amide bonds. The van der Waals surface area contributed by atoms with E-state index in [1.54, 1.807) is 6.92 Å². The summed E-state index contributed by atoms with van der Waals surface area (Å²) in [7, 11) is 0. The van der Waals surface area contributed by atoms with E-state index in [2.05, 4.69) is 20.8 Å². The zero-order chi connectivity index (χ0) is 13.6. The average Bonchev–Trinajstić information content (AvgIpc) is 2.62. The van der Waals surface area contributed by atoms with Crippen LogP contribution in [-0.2, 0) is 9.53 Å². The largest absolute Gasteiger partial charge is 0.461 e. The lowest BCUT2D eigenvalue weighted by Gasteiger charge is -2.38. The normalized spacial score (nSPS) is 38.2. The molecule has 2 aliphatic carbocycles. The number of thioether (sulfide) groups is 1. The Balaban J connectivity index is 2.05. The van der Waals surface area contributed by atoms with E-state index in [1.807, 2.05) is 5.40 Å². The highest BCUT2D eigenvalue weighted by Gasteiger charge is 2.62. The molecule has 18 heavy (non-hydrogen) atoms. The minimum Gasteiger partial charge on any atom is -0.461 e. The summed E-state index contributed by atoms with van der Waals surface area (Å²) in [6, 6.07) is 0. The molecular weight excluding hydrogens is 246 g/mol. The number of carbonyl (C=O) groups is 1. The Hall–Kier alpha value is -0.690. The molecular formula is C14H21NO2S. The number of carbonyl (C=O) groups excluding carboxylic acids is 1. The van der Waals surface area contributed by atoms with Gasteiger partial charge in [-0.1, -0.05) is 20.8 Å². The lowest BCUT2D eigenvalue weighted by molar-refractivity contribution is -0.155. The van der Waals surface area contributed by atoms with E-state index in [-0.39, 0.29) is 28.2 Å². The van der Waals surface area contributed by atoms with E-state index in [0.717, 1.165) is 24.6 Å². The molecule has 2 unspecified atom stereocenters. The van der Waals surface area contributed by atoms with Crippen molar-refractivity contribution in [3.63, 3.8) is 0 Å². The summed E-state index contributed by atoms with van der Waals surface area (Å²) >= 11 is 0.973. The standard InChI is InChI=1S/C14H21NO2S/c1-9(18-8-15)12(16)17-11-7-10-5-6-14(11,4)13(10,2)3/h9-11H,5-7H2,1-4H3/t9?,10-,11?,14-/m1/s1. The topological polar surface area (TPSA) is 50.1 Å². The van der Waals surface area contributed by atoms with Crippen LogP contribution in [0.5, 0.6) is 0 Å². The second kappa shape index (κ2) is 4.45. The van der Waals surface area contributed by atoms with Gasteiger partial charge >= 0.3 is 5.97 Å². The Labute approximate surface area is 113 Å². The first-order valence-corrected chi connectivity index (χ1v) is 7.46. The molecule has 0 spiro atoms. The Morgan fingerprint density at radius 3 is 2.61 bits per heavy atom. The molecule has 3 nitrogen and oxygen atoms in total. The van der Waals surface area contributed by atoms with Gasteiger partial charge in [0.1, 0.15) is 16.8 Å². The van der Waals surface area contributed by atoms with Crippen LogP contribution in [0.15, 0.2) is 0 Å². The Bertz CT molecular complexity index is 401. The molecule has 0 aliphatic heterocycles. The fraction of sp³-hybridized carbons (Fsp3) is 0.857. The number of nitriles is 1. The Kier molecular flexibility index (Phi) is 3.40. The molecule has 4 heteroatoms. The van der Waals surface area contributed by atoms with Crippen LogP contribution in [0.25, 0.3) is 0 Å². The number of fused-ring (bicyclic) bond motifs is 2. The fourth-order valence-electron chi connectivity index (χ4n) is 3.67. The summed E-state index contributed by atoms with van der Waals surface area (Å²) in [4.78, 5) is 11.9. The van der Waals surface area contributed by atoms with E-state index in [1.165, 1.54) is 6.42 Å². The van der Waals surface area contributed by atoms with Gasteiger partial charge in [-0.3, -0.25) is 4.79 Å². The maximum atomic E-state index is 11.9. The van der Waals surface area contributed by atoms with Crippen molar-refractivity contribution in [2.45, 2.75) is 58.3 Å². The van der Waals surface area contributed by atoms with E-state index < -0.39 is 0 Å². The van der Waals surface area contributed by atoms with Crippen molar-refractivity contribution >= 4 is 17.7 Å². The van der Waals surface area contributed by atoms with Crippen LogP contribution >= 0.6 is 11.8 Å². The van der Waals surface area contributed by atoms with Crippen LogP contribution in [-0.4, -0.2) is 17.3 Å². The predicted molar refractivity (Wildman–Crippen MR) is 71.8 cm³/mol. The van der Waals surface area contributed by atoms with Crippen molar-refractivity contribution < 1.29 is 9.53 Å². The van der Waals surface area contributed by atoms with Gasteiger partial charge in [-0.05, 0) is 49.3 Å². The number of ether oxygens (including phenoxy) is 1. The third-order valence-electron chi connectivity index (χ3n) is 5.53. The first kappa shape index (κ1) is 13.7. The molecule has 2 saturated carbocycles. The Morgan fingerprint density at radius 2 is 2.17 bits per heavy atom. The van der Waals surface area contributed by atoms with Gasteiger partial charge in [-0.25, -0.2) is 0 Å². The highest BCUT2D eigenvalue weighted by molar-refractivity contribution is 8.04. The van der Waals surface area contributed by atoms with Crippen molar-refractivity contribution in [3.8, 4) is 5.40 Å². The molecule has 4 atom stereocenters. The molecule has 0 heterocycles. The van der Waals surface area contributed by atoms with Gasteiger partial charge in [0.05, 0.1) is 0 Å². The minimum atomic E-state index is -0.388. The smallest absolute Gasteiger partial charge is 0.320 e. The quantitative estimate of drug-likeness (QED) is 0.581. The van der Waals surface area contributed by atoms with Crippen molar-refractivity contribution in [1.82, 2.24) is 0 Å². The van der Waals surface area contributed by atoms with Crippen LogP contribution in [0.3, 0.4) is 0 Å². The van der Waals surface area contributed by atoms with E-state index in [4.69, 9.17) is 10.00 Å². The average molecular weight is 267 g/mol. The van der Waals surface area contributed by atoms with Crippen molar-refractivity contribution in [3.05, 3.63) is 0 Å². The lowest BCUT2D eigenvalue weighted by atomic mass is 9.70. The molecule has 2 aliphatic rings. The first-order valence-electron chi connectivity index (χ1n) is 6.58. The molecule has 100 valence electrons. The first-order chi connectivity index (χ1) is 8.33. The lowest BCUT2D eigenvalue weighted by Crippen LogP contribution is -2.39. The van der Waals surface area contributed by atoms with Crippen molar-refractivity contribution in [1.29, 1.82) is 5.26 Å². The van der Waals surface area contributed by atoms with Gasteiger partial charge < -0.3 is 4.74 Å². The SMILES string of the molecule is CC(SC#N)C(=O)OC1C[C@H]2CC[C@@]1(C)C2(C)C. The van der Waals surface area contributed by atoms with E-state index >= 15 is 0 Å². The molecule has 0 N–H and O–H groups in total. The molecule has 0 aromatic carbocycles. The summed E-state index contributed by atoms with van der Waals surface area (Å²) in [6.07, 6.45) is 3.40. The van der Waals surface area contributed by atoms with Crippen LogP contribution in [0.4, 0.5) is 0 Å². The Morgan fingerprint density at radius 1 is 1.50 bits per heavy atom. The molecule has 2 fully saturated rings. The number of hydrogen-bond acceptors (Lipinski definition) is 4. The highest BCUT2D eigenvalue weighted by Crippen LogP contribution is 2.66. The molecule has 0 aromatic heterocycles. The number of hydrogen-bond donors (Lipinski definition) is 0. The van der Waals surface area contributed by atoms with Gasteiger partial charge in [-0.2, -0.15) is 5.26 Å². The second-order valence-corrected chi connectivity index (χ2v) is 7.51. The van der Waals surface area contributed by atoms with Crippen LogP contribution in [0.2, 0.25) is 0 Å². The number of nitrogens with zero attached hydrogens (tertiary/aromatic N) is 1. The molecule has 2 rings (SSSR count). The van der Waals surface area contributed by atoms with Crippen molar-refractivity contribution in [2.75, 3.05) is 0 Å². The second-order valence-electron chi connectivity index (χ2n) is 6.39. The zero-order valence-electron chi connectivity index (χ0n) is 11.5. The maximum absolute atomic E-state index is 11.9. The zero-order valence-corrected chi connectivity index (χ0v) is 12.3. The van der Waals surface area contributed by atoms with Crippen LogP contribution < -0.4 is 0 Å². The summed E-state index contributed by atoms with van der Waals surface area (Å²) in [5.41, 5.74) is 0.355. The van der Waals surface area contributed by atoms with Gasteiger partial charge in [0.25, 0.3) is 0 Å². The van der Waals surface area contributed by atoms with Gasteiger partial charge in [0.15, 0.2) is 0 Å². The van der Waals surface area contributed by atoms with Gasteiger partial charge in [0, 0.05) is 5.41 Å². The maximum Gasteiger partial charge on any atom is 0.320 e. The third kappa shape index (κ3) is 1.84. The summed E-state index contributed by atoms with van der Waals surface area (Å²) < 4.78 is 5.69. The highest BCUT2D eigenvalue weighted by atomic mass is 32.2. The van der Waals surface area contributed by atoms with Gasteiger partial charge in [0.2, 0.25) is 0 Å². The molecule has 2 bridgehead atoms. The third-order valence-corrected chi connectivity index (χ3v) is 6.19. The number of thiocyanates is 1. The van der Waals surface area contributed by atoms with Crippen molar-refractivity contribution in [2.24, 2.45) is 16.7 Å². The minimum absolute atomic E-state index is 0.0282. The monoisotopic (exact) mass is 267 g/mol. The van der Waals surface area contributed by atoms with Gasteiger partial charge in [-0.15, -0.1) is 0 Å². The molecule has 0 radical (unpaired) electrons. The molecule has 0 saturated heterocycles. The summed E-state index contributed by atoms with van der Waals surface area (Å²) in [5, 5.41) is 10.2. The van der Waals surface area contributed by atoms with Crippen LogP contribution in [0, 0.1) is 27.4 Å². The van der Waals surface area contributed by atoms with E-state index in [0.29, 0.717) is 5.92 Å². The number of esters is 1. The fourth-order valence-corrected chi connectivity index (χ4v) is 3.98. The molecule has 0 aromatic rings. The predicted octanol–water partition coefficient (Wildman–Crippen LogP) is 3.35. The van der Waals surface area contributed by atoms with Crippen LogP contribution in [0.1, 0.15) is 47.0 Å². The summed E-state index contributed by atoms with van der Waals surface area (Å²) in [5.74, 6) is 0.426. The van der Waals surface area contributed by atoms with E-state index in [9.17, 15) is 4.79 Å². The number of rotatable bonds is 3. The summed E-state index contributed by atoms with van der Waals surface area (Å²) in [6.45, 7) is 8.58.